The average Bonchev–Trinajstić information content (AvgIpc) is 3.07. The summed E-state index contributed by atoms with van der Waals surface area (Å²) < 4.78 is 16.6. The van der Waals surface area contributed by atoms with Gasteiger partial charge >= 0.3 is 17.9 Å². The zero-order valence-electron chi connectivity index (χ0n) is 31.7. The van der Waals surface area contributed by atoms with Gasteiger partial charge in [-0.3, -0.25) is 14.4 Å². The normalized spacial score (nSPS) is 12.5. The molecule has 0 radical (unpaired) electrons. The van der Waals surface area contributed by atoms with Crippen molar-refractivity contribution in [3.05, 3.63) is 0 Å². The third kappa shape index (κ3) is 34.1. The van der Waals surface area contributed by atoms with Gasteiger partial charge in [-0.2, -0.15) is 0 Å². The van der Waals surface area contributed by atoms with Crippen LogP contribution in [0.15, 0.2) is 0 Å². The number of unbranched alkanes of at least 4 members (excludes halogenated alkanes) is 22. The molecule has 0 aliphatic heterocycles. The summed E-state index contributed by atoms with van der Waals surface area (Å²) in [6.45, 7) is 8.92. The lowest BCUT2D eigenvalue weighted by Gasteiger charge is -2.18. The van der Waals surface area contributed by atoms with E-state index in [1.165, 1.54) is 116 Å². The standard InChI is InChI=1S/C41H78O6/c1-5-8-10-12-14-15-16-21-24-28-32-39(42)45-35-38(47-41(44)34-30-26-19-13-11-9-6-2)36-46-40(43)33-29-25-22-18-17-20-23-27-31-37(4)7-3/h37-38H,5-36H2,1-4H3/t37?,38-/m0/s1. The largest absolute Gasteiger partial charge is 0.462 e. The minimum Gasteiger partial charge on any atom is -0.462 e. The number of esters is 3. The lowest BCUT2D eigenvalue weighted by Crippen LogP contribution is -2.30. The molecule has 0 N–H and O–H groups in total. The fourth-order valence-electron chi connectivity index (χ4n) is 5.89. The second-order valence-electron chi connectivity index (χ2n) is 14.2. The van der Waals surface area contributed by atoms with Crippen LogP contribution in [0.25, 0.3) is 0 Å². The highest BCUT2D eigenvalue weighted by atomic mass is 16.6. The zero-order chi connectivity index (χ0) is 34.6. The second kappa shape index (κ2) is 35.7. The van der Waals surface area contributed by atoms with Crippen LogP contribution in [0.2, 0.25) is 0 Å². The van der Waals surface area contributed by atoms with Crippen molar-refractivity contribution in [1.29, 1.82) is 0 Å². The lowest BCUT2D eigenvalue weighted by atomic mass is 9.99. The Labute approximate surface area is 291 Å². The lowest BCUT2D eigenvalue weighted by molar-refractivity contribution is -0.167. The monoisotopic (exact) mass is 667 g/mol. The van der Waals surface area contributed by atoms with E-state index in [1.807, 2.05) is 0 Å². The van der Waals surface area contributed by atoms with Crippen molar-refractivity contribution in [2.75, 3.05) is 13.2 Å². The molecule has 0 rings (SSSR count). The van der Waals surface area contributed by atoms with Crippen molar-refractivity contribution < 1.29 is 28.6 Å². The molecule has 0 fully saturated rings. The van der Waals surface area contributed by atoms with Gasteiger partial charge in [-0.05, 0) is 25.2 Å². The van der Waals surface area contributed by atoms with Gasteiger partial charge in [0.2, 0.25) is 0 Å². The van der Waals surface area contributed by atoms with Crippen LogP contribution in [0.1, 0.15) is 220 Å². The Morgan fingerprint density at radius 2 is 0.745 bits per heavy atom. The van der Waals surface area contributed by atoms with Gasteiger partial charge in [-0.1, -0.05) is 182 Å². The smallest absolute Gasteiger partial charge is 0.306 e. The molecule has 47 heavy (non-hydrogen) atoms. The third-order valence-corrected chi connectivity index (χ3v) is 9.40. The predicted molar refractivity (Wildman–Crippen MR) is 196 cm³/mol. The van der Waals surface area contributed by atoms with E-state index in [-0.39, 0.29) is 31.1 Å². The van der Waals surface area contributed by atoms with E-state index in [0.29, 0.717) is 19.3 Å². The molecule has 0 saturated heterocycles. The van der Waals surface area contributed by atoms with Gasteiger partial charge in [0.15, 0.2) is 6.10 Å². The van der Waals surface area contributed by atoms with Gasteiger partial charge in [0.1, 0.15) is 13.2 Å². The summed E-state index contributed by atoms with van der Waals surface area (Å²) in [6.07, 6.45) is 32.3. The minimum atomic E-state index is -0.757. The first-order valence-electron chi connectivity index (χ1n) is 20.4. The van der Waals surface area contributed by atoms with Crippen LogP contribution in [0, 0.1) is 5.92 Å². The van der Waals surface area contributed by atoms with Gasteiger partial charge in [-0.15, -0.1) is 0 Å². The zero-order valence-corrected chi connectivity index (χ0v) is 31.7. The first-order chi connectivity index (χ1) is 22.9. The molecular formula is C41H78O6. The van der Waals surface area contributed by atoms with Gasteiger partial charge in [0, 0.05) is 19.3 Å². The highest BCUT2D eigenvalue weighted by Crippen LogP contribution is 2.16. The molecule has 6 nitrogen and oxygen atoms in total. The number of hydrogen-bond acceptors (Lipinski definition) is 6. The number of rotatable bonds is 36. The van der Waals surface area contributed by atoms with Gasteiger partial charge in [-0.25, -0.2) is 0 Å². The average molecular weight is 667 g/mol. The van der Waals surface area contributed by atoms with Crippen LogP contribution < -0.4 is 0 Å². The molecule has 0 aromatic rings. The van der Waals surface area contributed by atoms with Crippen molar-refractivity contribution in [2.45, 2.75) is 226 Å². The molecule has 0 saturated carbocycles. The molecule has 2 atom stereocenters. The molecule has 0 aliphatic rings. The molecular weight excluding hydrogens is 588 g/mol. The van der Waals surface area contributed by atoms with Gasteiger partial charge < -0.3 is 14.2 Å². The summed E-state index contributed by atoms with van der Waals surface area (Å²) in [6, 6.07) is 0. The summed E-state index contributed by atoms with van der Waals surface area (Å²) in [4.78, 5) is 37.4. The van der Waals surface area contributed by atoms with E-state index in [4.69, 9.17) is 14.2 Å². The van der Waals surface area contributed by atoms with E-state index in [0.717, 1.165) is 63.7 Å². The Kier molecular flexibility index (Phi) is 34.5. The van der Waals surface area contributed by atoms with Crippen LogP contribution in [-0.2, 0) is 28.6 Å². The predicted octanol–water partition coefficient (Wildman–Crippen LogP) is 12.4. The topological polar surface area (TPSA) is 78.9 Å². The van der Waals surface area contributed by atoms with Crippen LogP contribution in [0.5, 0.6) is 0 Å². The van der Waals surface area contributed by atoms with E-state index in [2.05, 4.69) is 27.7 Å². The molecule has 0 bridgehead atoms. The maximum atomic E-state index is 12.5. The molecule has 0 aromatic heterocycles. The molecule has 0 heterocycles. The molecule has 1 unspecified atom stereocenters. The second-order valence-corrected chi connectivity index (χ2v) is 14.2. The van der Waals surface area contributed by atoms with Crippen molar-refractivity contribution in [2.24, 2.45) is 5.92 Å². The maximum absolute atomic E-state index is 12.5. The first kappa shape index (κ1) is 45.4. The summed E-state index contributed by atoms with van der Waals surface area (Å²) in [5.74, 6) is -0.0224. The van der Waals surface area contributed by atoms with E-state index in [1.54, 1.807) is 0 Å². The van der Waals surface area contributed by atoms with Crippen molar-refractivity contribution in [1.82, 2.24) is 0 Å². The molecule has 0 amide bonds. The Bertz CT molecular complexity index is 708. The third-order valence-electron chi connectivity index (χ3n) is 9.40. The number of hydrogen-bond donors (Lipinski definition) is 0. The Balaban J connectivity index is 4.30. The minimum absolute atomic E-state index is 0.0655. The summed E-state index contributed by atoms with van der Waals surface area (Å²) in [5.41, 5.74) is 0. The number of carbonyl (C=O) groups excluding carboxylic acids is 3. The number of carbonyl (C=O) groups is 3. The fourth-order valence-corrected chi connectivity index (χ4v) is 5.89. The fraction of sp³-hybridized carbons (Fsp3) is 0.927. The number of ether oxygens (including phenoxy) is 3. The summed E-state index contributed by atoms with van der Waals surface area (Å²) in [7, 11) is 0. The molecule has 0 aromatic carbocycles. The van der Waals surface area contributed by atoms with Crippen LogP contribution in [0.3, 0.4) is 0 Å². The van der Waals surface area contributed by atoms with Crippen LogP contribution in [0.4, 0.5) is 0 Å². The van der Waals surface area contributed by atoms with Gasteiger partial charge in [0.05, 0.1) is 0 Å². The Morgan fingerprint density at radius 3 is 1.11 bits per heavy atom. The van der Waals surface area contributed by atoms with E-state index >= 15 is 0 Å². The molecule has 6 heteroatoms. The molecule has 0 spiro atoms. The summed E-state index contributed by atoms with van der Waals surface area (Å²) in [5, 5.41) is 0. The van der Waals surface area contributed by atoms with E-state index < -0.39 is 6.10 Å². The molecule has 278 valence electrons. The van der Waals surface area contributed by atoms with Crippen molar-refractivity contribution in [3.8, 4) is 0 Å². The van der Waals surface area contributed by atoms with Gasteiger partial charge in [0.25, 0.3) is 0 Å². The molecule has 0 aliphatic carbocycles. The highest BCUT2D eigenvalue weighted by Gasteiger charge is 2.19. The quantitative estimate of drug-likeness (QED) is 0.0376. The Hall–Kier alpha value is -1.59. The van der Waals surface area contributed by atoms with Crippen molar-refractivity contribution in [3.63, 3.8) is 0 Å². The summed E-state index contributed by atoms with van der Waals surface area (Å²) >= 11 is 0. The first-order valence-corrected chi connectivity index (χ1v) is 20.4. The van der Waals surface area contributed by atoms with E-state index in [9.17, 15) is 14.4 Å². The van der Waals surface area contributed by atoms with Crippen LogP contribution >= 0.6 is 0 Å². The highest BCUT2D eigenvalue weighted by molar-refractivity contribution is 5.71. The Morgan fingerprint density at radius 1 is 0.426 bits per heavy atom. The SMILES string of the molecule is CCCCCCCCCCCCC(=O)OC[C@@H](COC(=O)CCCCCCCCCCC(C)CC)OC(=O)CCCCCCCCC. The maximum Gasteiger partial charge on any atom is 0.306 e. The van der Waals surface area contributed by atoms with Crippen molar-refractivity contribution >= 4 is 17.9 Å². The van der Waals surface area contributed by atoms with Crippen LogP contribution in [-0.4, -0.2) is 37.2 Å².